The summed E-state index contributed by atoms with van der Waals surface area (Å²) in [6.45, 7) is 4.92. The predicted octanol–water partition coefficient (Wildman–Crippen LogP) is -2.49. The van der Waals surface area contributed by atoms with Crippen molar-refractivity contribution in [1.29, 1.82) is 0 Å². The van der Waals surface area contributed by atoms with E-state index in [9.17, 15) is 104 Å². The SMILES string of the molecule is COC[C@@H]1C[C@@H](O)CN1C(=O)CCCCCCCCC(=O)NC(CCC(=O)NCCCCNC(=O)CCCCCO[C@@H]1OC(CO)[C@H](O)[C@H](O)C1NC(C)=O)(CCC(=O)NCCCCNC(=O)CCCCCO[C@@H]1OC(CO)[C@H](O)[C@H](O)C1NC(C)=O)CCC(=O)NCCCCNC(=O)CCCCCO[C@@H]1OC(CO)[C@H](O)[C@H](O)C1NC(C)=O. The van der Waals surface area contributed by atoms with Crippen LogP contribution in [-0.4, -0.2) is 330 Å². The number of hydrogen-bond acceptors (Lipinski definition) is 28. The number of nitrogens with one attached hydrogen (secondary N) is 10. The number of carbonyl (C=O) groups is 11. The highest BCUT2D eigenvalue weighted by Gasteiger charge is 2.48. The van der Waals surface area contributed by atoms with Crippen LogP contribution in [0.3, 0.4) is 0 Å². The number of amides is 11. The fraction of sp³-hybridized carbons (Fsp3) is 0.863. The summed E-state index contributed by atoms with van der Waals surface area (Å²) in [7, 11) is 1.56. The molecule has 4 rings (SSSR count). The highest BCUT2D eigenvalue weighted by atomic mass is 16.7. The van der Waals surface area contributed by atoms with Crippen molar-refractivity contribution in [1.82, 2.24) is 58.1 Å². The Bertz CT molecular complexity index is 2730. The molecule has 686 valence electrons. The van der Waals surface area contributed by atoms with Crippen LogP contribution in [-0.2, 0) is 85.9 Å². The number of β-amino-alcohol motifs (C(OH)–C–C–N with tert-alkyl or cyclic N) is 1. The number of ether oxygens (including phenoxy) is 7. The Morgan fingerprint density at radius 2 is 0.639 bits per heavy atom. The van der Waals surface area contributed by atoms with Gasteiger partial charge in [-0.05, 0) is 116 Å². The van der Waals surface area contributed by atoms with Gasteiger partial charge in [0.25, 0.3) is 0 Å². The van der Waals surface area contributed by atoms with Gasteiger partial charge in [-0.2, -0.15) is 0 Å². The van der Waals surface area contributed by atoms with Crippen molar-refractivity contribution in [3.8, 4) is 0 Å². The second-order valence-electron chi connectivity index (χ2n) is 31.6. The van der Waals surface area contributed by atoms with E-state index >= 15 is 0 Å². The molecule has 39 heteroatoms. The fourth-order valence-electron chi connectivity index (χ4n) is 14.7. The summed E-state index contributed by atoms with van der Waals surface area (Å²) in [5.41, 5.74) is -1.22. The second kappa shape index (κ2) is 60.1. The first-order valence-corrected chi connectivity index (χ1v) is 43.0. The molecule has 4 heterocycles. The third kappa shape index (κ3) is 42.0. The monoisotopic (exact) mass is 1710 g/mol. The number of aliphatic hydroxyl groups excluding tert-OH is 10. The Morgan fingerprint density at radius 1 is 0.361 bits per heavy atom. The summed E-state index contributed by atoms with van der Waals surface area (Å²) in [5.74, 6) is -3.29. The molecule has 0 bridgehead atoms. The normalized spacial score (nSPS) is 25.4. The van der Waals surface area contributed by atoms with Crippen LogP contribution in [0.15, 0.2) is 0 Å². The van der Waals surface area contributed by atoms with Gasteiger partial charge in [0.15, 0.2) is 18.9 Å². The summed E-state index contributed by atoms with van der Waals surface area (Å²) in [6.07, 6.45) is -1.99. The lowest BCUT2D eigenvalue weighted by atomic mass is 9.82. The highest BCUT2D eigenvalue weighted by molar-refractivity contribution is 5.81. The maximum atomic E-state index is 14.2. The highest BCUT2D eigenvalue weighted by Crippen LogP contribution is 2.30. The Kier molecular flexibility index (Phi) is 52.9. The molecule has 4 saturated heterocycles. The van der Waals surface area contributed by atoms with Crippen molar-refractivity contribution >= 4 is 65.0 Å². The quantitative estimate of drug-likeness (QED) is 0.0280. The minimum atomic E-state index is -1.44. The minimum Gasteiger partial charge on any atom is -0.394 e. The van der Waals surface area contributed by atoms with Crippen molar-refractivity contribution in [2.24, 2.45) is 0 Å². The van der Waals surface area contributed by atoms with E-state index in [1.54, 1.807) is 12.0 Å². The molecule has 6 unspecified atom stereocenters. The number of nitrogens with zero attached hydrogens (tertiary/aromatic N) is 1. The standard InChI is InChI=1S/C80H143N11O28/c1-52(95)87-68-74(110)71(107)57(48-92)117-77(68)114-43-23-9-13-26-60(99)81-37-17-20-40-84-63(102)31-34-80(90-66(105)29-12-7-5-6-8-16-30-67(106)91-47-56(98)46-55(91)51-113-4,35-32-64(103)85-41-21-18-38-82-61(100)27-14-10-24-44-115-78-69(88-53(2)96)75(111)72(108)58(49-93)118-78)36-33-65(104)86-42-22-19-39-83-62(101)28-15-11-25-45-116-79-70(89-54(3)97)76(112)73(109)59(50-94)119-79/h55-59,68-79,92-94,98,107-112H,5-51H2,1-4H3,(H,81,99)(H,82,100)(H,83,101)(H,84,102)(H,85,103)(H,86,104)(H,87,95)(H,88,96)(H,89,97)(H,90,105)/t55-,56+,57?,58?,59?,68?,69?,70?,71-,72-,73-,74+,75+,76+,77+,78+,79+,80?/m0/s1. The number of aliphatic hydroxyl groups is 10. The molecule has 4 aliphatic heterocycles. The van der Waals surface area contributed by atoms with E-state index in [4.69, 9.17) is 33.2 Å². The van der Waals surface area contributed by atoms with Gasteiger partial charge in [0, 0.05) is 150 Å². The van der Waals surface area contributed by atoms with Crippen LogP contribution in [0.25, 0.3) is 0 Å². The summed E-state index contributed by atoms with van der Waals surface area (Å²) in [6, 6.07) is -3.36. The fourth-order valence-corrected chi connectivity index (χ4v) is 14.7. The molecule has 4 fully saturated rings. The first kappa shape index (κ1) is 105. The predicted molar refractivity (Wildman–Crippen MR) is 429 cm³/mol. The molecule has 39 nitrogen and oxygen atoms in total. The van der Waals surface area contributed by atoms with Crippen molar-refractivity contribution in [2.45, 2.75) is 342 Å². The van der Waals surface area contributed by atoms with Crippen LogP contribution < -0.4 is 53.2 Å². The molecule has 0 saturated carbocycles. The van der Waals surface area contributed by atoms with Crippen LogP contribution in [0.5, 0.6) is 0 Å². The smallest absolute Gasteiger partial charge is 0.222 e. The molecule has 20 N–H and O–H groups in total. The topological polar surface area (TPSA) is 578 Å². The molecular formula is C80H143N11O28. The number of carbonyl (C=O) groups excluding carboxylic acids is 11. The zero-order valence-electron chi connectivity index (χ0n) is 70.3. The van der Waals surface area contributed by atoms with E-state index < -0.39 is 141 Å². The molecule has 0 aromatic rings. The molecule has 17 atom stereocenters. The molecule has 0 radical (unpaired) electrons. The maximum absolute atomic E-state index is 14.2. The molecular weight excluding hydrogens is 1560 g/mol. The molecule has 0 spiro atoms. The van der Waals surface area contributed by atoms with E-state index in [2.05, 4.69) is 53.2 Å². The van der Waals surface area contributed by atoms with Gasteiger partial charge in [-0.15, -0.1) is 0 Å². The number of rotatable bonds is 63. The summed E-state index contributed by atoms with van der Waals surface area (Å²) < 4.78 is 39.3. The largest absolute Gasteiger partial charge is 0.394 e. The minimum absolute atomic E-state index is 0.0216. The van der Waals surface area contributed by atoms with Crippen LogP contribution in [0.4, 0.5) is 0 Å². The Labute approximate surface area is 698 Å². The third-order valence-corrected chi connectivity index (χ3v) is 21.5. The molecule has 4 aliphatic rings. The summed E-state index contributed by atoms with van der Waals surface area (Å²) in [4.78, 5) is 144. The lowest BCUT2D eigenvalue weighted by Gasteiger charge is -2.42. The van der Waals surface area contributed by atoms with E-state index in [1.807, 2.05) is 0 Å². The van der Waals surface area contributed by atoms with Crippen molar-refractivity contribution in [3.05, 3.63) is 0 Å². The van der Waals surface area contributed by atoms with E-state index in [1.165, 1.54) is 20.8 Å². The Balaban J connectivity index is 1.31. The van der Waals surface area contributed by atoms with E-state index in [0.29, 0.717) is 155 Å². The Morgan fingerprint density at radius 3 is 0.933 bits per heavy atom. The third-order valence-electron chi connectivity index (χ3n) is 21.5. The average molecular weight is 1710 g/mol. The van der Waals surface area contributed by atoms with Gasteiger partial charge in [-0.3, -0.25) is 52.7 Å². The second-order valence-corrected chi connectivity index (χ2v) is 31.6. The van der Waals surface area contributed by atoms with Gasteiger partial charge < -0.3 is 142 Å². The first-order valence-electron chi connectivity index (χ1n) is 43.0. The van der Waals surface area contributed by atoms with Gasteiger partial charge in [-0.1, -0.05) is 44.9 Å². The average Bonchev–Trinajstić information content (AvgIpc) is 1.41. The van der Waals surface area contributed by atoms with E-state index in [0.717, 1.165) is 19.3 Å². The molecule has 11 amide bonds. The van der Waals surface area contributed by atoms with Crippen molar-refractivity contribution < 1.29 is 137 Å². The lowest BCUT2D eigenvalue weighted by molar-refractivity contribution is -0.270. The molecule has 119 heavy (non-hydrogen) atoms. The lowest BCUT2D eigenvalue weighted by Crippen LogP contribution is -2.64. The van der Waals surface area contributed by atoms with Crippen LogP contribution in [0, 0.1) is 0 Å². The van der Waals surface area contributed by atoms with Gasteiger partial charge in [0.2, 0.25) is 65.0 Å². The molecule has 0 aromatic carbocycles. The number of likely N-dealkylation sites (tertiary alicyclic amines) is 1. The van der Waals surface area contributed by atoms with Gasteiger partial charge in [-0.25, -0.2) is 0 Å². The number of hydrogen-bond donors (Lipinski definition) is 20. The summed E-state index contributed by atoms with van der Waals surface area (Å²) >= 11 is 0. The molecule has 0 aromatic heterocycles. The zero-order chi connectivity index (χ0) is 87.5. The Hall–Kier alpha value is -6.51. The van der Waals surface area contributed by atoms with Crippen LogP contribution in [0.2, 0.25) is 0 Å². The zero-order valence-corrected chi connectivity index (χ0v) is 70.3. The molecule has 0 aliphatic carbocycles. The number of unbranched alkanes of at least 4 members (excludes halogenated alkanes) is 14. The first-order chi connectivity index (χ1) is 57.0. The van der Waals surface area contributed by atoms with Gasteiger partial charge >= 0.3 is 0 Å². The van der Waals surface area contributed by atoms with Gasteiger partial charge in [0.1, 0.15) is 73.1 Å². The van der Waals surface area contributed by atoms with Crippen LogP contribution in [0.1, 0.15) is 233 Å². The van der Waals surface area contributed by atoms with E-state index in [-0.39, 0.29) is 164 Å². The van der Waals surface area contributed by atoms with Crippen molar-refractivity contribution in [2.75, 3.05) is 99.2 Å². The van der Waals surface area contributed by atoms with Crippen molar-refractivity contribution in [3.63, 3.8) is 0 Å². The number of methoxy groups -OCH3 is 1. The van der Waals surface area contributed by atoms with Gasteiger partial charge in [0.05, 0.1) is 38.6 Å². The summed E-state index contributed by atoms with van der Waals surface area (Å²) in [5, 5.41) is 130. The van der Waals surface area contributed by atoms with Crippen LogP contribution >= 0.6 is 0 Å². The maximum Gasteiger partial charge on any atom is 0.222 e.